The van der Waals surface area contributed by atoms with Gasteiger partial charge in [-0.15, -0.1) is 0 Å². The molecule has 0 aliphatic carbocycles. The van der Waals surface area contributed by atoms with Gasteiger partial charge >= 0.3 is 6.18 Å². The molecule has 0 bridgehead atoms. The van der Waals surface area contributed by atoms with E-state index in [4.69, 9.17) is 7.85 Å². The van der Waals surface area contributed by atoms with Crippen LogP contribution >= 0.6 is 0 Å². The third-order valence-electron chi connectivity index (χ3n) is 5.57. The van der Waals surface area contributed by atoms with Crippen molar-refractivity contribution in [3.05, 3.63) is 88.1 Å². The summed E-state index contributed by atoms with van der Waals surface area (Å²) in [7, 11) is 5.41. The molecule has 0 saturated carbocycles. The second kappa shape index (κ2) is 7.58. The van der Waals surface area contributed by atoms with Crippen LogP contribution in [0.25, 0.3) is 16.8 Å². The minimum atomic E-state index is -4.87. The topological polar surface area (TPSA) is 67.6 Å². The minimum Gasteiger partial charge on any atom is -0.292 e. The number of amides is 1. The smallest absolute Gasteiger partial charge is 0.292 e. The fourth-order valence-corrected chi connectivity index (χ4v) is 3.97. The Morgan fingerprint density at radius 1 is 1.06 bits per heavy atom. The van der Waals surface area contributed by atoms with Crippen LogP contribution in [0.2, 0.25) is 0 Å². The summed E-state index contributed by atoms with van der Waals surface area (Å²) < 4.78 is 41.0. The lowest BCUT2D eigenvalue weighted by atomic mass is 9.94. The zero-order valence-electron chi connectivity index (χ0n) is 17.0. The largest absolute Gasteiger partial charge is 0.433 e. The molecule has 5 rings (SSSR count). The highest BCUT2D eigenvalue weighted by Crippen LogP contribution is 2.30. The fraction of sp³-hybridized carbons (Fsp3) is 0.130. The summed E-state index contributed by atoms with van der Waals surface area (Å²) in [5.74, 6) is 0.403. The Labute approximate surface area is 186 Å². The molecule has 6 nitrogen and oxygen atoms in total. The quantitative estimate of drug-likeness (QED) is 0.445. The van der Waals surface area contributed by atoms with Crippen LogP contribution in [0.3, 0.4) is 0 Å². The molecule has 1 aliphatic rings. The Morgan fingerprint density at radius 3 is 2.55 bits per heavy atom. The van der Waals surface area contributed by atoms with Gasteiger partial charge in [-0.05, 0) is 53.3 Å². The van der Waals surface area contributed by atoms with Crippen LogP contribution in [0.1, 0.15) is 21.6 Å². The van der Waals surface area contributed by atoms with E-state index in [9.17, 15) is 22.8 Å². The number of hydrogen-bond donors (Lipinski definition) is 0. The molecule has 0 N–H and O–H groups in total. The maximum Gasteiger partial charge on any atom is 0.433 e. The summed E-state index contributed by atoms with van der Waals surface area (Å²) in [6.45, 7) is 0.519. The molecule has 1 aliphatic heterocycles. The van der Waals surface area contributed by atoms with Crippen molar-refractivity contribution < 1.29 is 18.0 Å². The molecule has 0 saturated heterocycles. The minimum absolute atomic E-state index is 0.180. The number of carbonyl (C=O) groups excluding carboxylic acids is 1. The molecular weight excluding hydrogens is 432 g/mol. The van der Waals surface area contributed by atoms with Crippen LogP contribution in [0.5, 0.6) is 0 Å². The standard InChI is InChI=1S/C23H14BF3N4O2/c24-17-18(23(25,26)27)29-20-16(4-2-11-30(20)22(17)33)13-5-7-15(8-6-13)21(32)31-12-9-14-3-1-10-28-19(14)31/h1-8,10-11H,9,12H2. The first kappa shape index (κ1) is 20.9. The van der Waals surface area contributed by atoms with Gasteiger partial charge in [0.05, 0.1) is 0 Å². The van der Waals surface area contributed by atoms with Crippen molar-refractivity contribution in [3.63, 3.8) is 0 Å². The van der Waals surface area contributed by atoms with Crippen molar-refractivity contribution in [3.8, 4) is 11.1 Å². The van der Waals surface area contributed by atoms with E-state index in [0.717, 1.165) is 9.96 Å². The molecule has 0 spiro atoms. The van der Waals surface area contributed by atoms with Crippen LogP contribution < -0.4 is 15.9 Å². The summed E-state index contributed by atoms with van der Waals surface area (Å²) >= 11 is 0. The van der Waals surface area contributed by atoms with Gasteiger partial charge in [0.1, 0.15) is 25.0 Å². The number of carbonyl (C=O) groups is 1. The Kier molecular flexibility index (Phi) is 4.81. The number of pyridine rings is 2. The van der Waals surface area contributed by atoms with Crippen LogP contribution in [0.15, 0.2) is 65.7 Å². The first-order valence-electron chi connectivity index (χ1n) is 10.00. The third-order valence-corrected chi connectivity index (χ3v) is 5.57. The maximum absolute atomic E-state index is 13.3. The summed E-state index contributed by atoms with van der Waals surface area (Å²) in [6.07, 6.45) is -1.22. The van der Waals surface area contributed by atoms with Crippen LogP contribution in [0.4, 0.5) is 19.0 Å². The molecule has 0 unspecified atom stereocenters. The molecule has 10 heteroatoms. The van der Waals surface area contributed by atoms with Crippen molar-refractivity contribution in [1.29, 1.82) is 0 Å². The molecule has 0 atom stereocenters. The molecule has 2 radical (unpaired) electrons. The third kappa shape index (κ3) is 3.47. The zero-order valence-corrected chi connectivity index (χ0v) is 17.0. The number of anilines is 1. The average Bonchev–Trinajstić information content (AvgIpc) is 3.24. The first-order chi connectivity index (χ1) is 15.8. The van der Waals surface area contributed by atoms with Gasteiger partial charge in [0.15, 0.2) is 0 Å². The molecule has 4 heterocycles. The van der Waals surface area contributed by atoms with E-state index >= 15 is 0 Å². The number of hydrogen-bond acceptors (Lipinski definition) is 4. The summed E-state index contributed by atoms with van der Waals surface area (Å²) in [5.41, 5.74) is -1.37. The number of benzene rings is 1. The zero-order chi connectivity index (χ0) is 23.3. The van der Waals surface area contributed by atoms with E-state index in [0.29, 0.717) is 35.5 Å². The van der Waals surface area contributed by atoms with Crippen LogP contribution in [-0.2, 0) is 12.6 Å². The highest BCUT2D eigenvalue weighted by Gasteiger charge is 2.36. The lowest BCUT2D eigenvalue weighted by Gasteiger charge is -2.16. The Balaban J connectivity index is 1.55. The van der Waals surface area contributed by atoms with Gasteiger partial charge in [0, 0.05) is 30.1 Å². The molecule has 162 valence electrons. The monoisotopic (exact) mass is 446 g/mol. The lowest BCUT2D eigenvalue weighted by Crippen LogP contribution is -2.38. The fourth-order valence-electron chi connectivity index (χ4n) is 3.97. The van der Waals surface area contributed by atoms with Gasteiger partial charge in [-0.2, -0.15) is 13.2 Å². The van der Waals surface area contributed by atoms with E-state index < -0.39 is 22.9 Å². The van der Waals surface area contributed by atoms with Gasteiger partial charge < -0.3 is 0 Å². The van der Waals surface area contributed by atoms with Crippen molar-refractivity contribution in [2.75, 3.05) is 11.4 Å². The van der Waals surface area contributed by atoms with E-state index in [1.165, 1.54) is 12.3 Å². The van der Waals surface area contributed by atoms with Crippen molar-refractivity contribution in [1.82, 2.24) is 14.4 Å². The second-order valence-electron chi connectivity index (χ2n) is 7.56. The normalized spacial score (nSPS) is 13.4. The average molecular weight is 446 g/mol. The van der Waals surface area contributed by atoms with E-state index in [2.05, 4.69) is 9.97 Å². The SMILES string of the molecule is [B]c1c(C(F)(F)F)nc2c(-c3ccc(C(=O)N4CCc5cccnc54)cc3)cccn2c1=O. The maximum atomic E-state index is 13.3. The van der Waals surface area contributed by atoms with Crippen LogP contribution in [-0.4, -0.2) is 34.7 Å². The Hall–Kier alpha value is -3.95. The van der Waals surface area contributed by atoms with Crippen molar-refractivity contribution >= 4 is 30.7 Å². The van der Waals surface area contributed by atoms with Gasteiger partial charge in [-0.25, -0.2) is 9.97 Å². The highest BCUT2D eigenvalue weighted by molar-refractivity contribution is 6.33. The van der Waals surface area contributed by atoms with E-state index in [-0.39, 0.29) is 11.6 Å². The Morgan fingerprint density at radius 2 is 1.82 bits per heavy atom. The second-order valence-corrected chi connectivity index (χ2v) is 7.56. The number of aromatic nitrogens is 3. The van der Waals surface area contributed by atoms with Crippen molar-refractivity contribution in [2.45, 2.75) is 12.6 Å². The first-order valence-corrected chi connectivity index (χ1v) is 10.00. The molecule has 3 aromatic heterocycles. The number of nitrogens with zero attached hydrogens (tertiary/aromatic N) is 4. The predicted octanol–water partition coefficient (Wildman–Crippen LogP) is 2.77. The van der Waals surface area contributed by atoms with E-state index in [1.54, 1.807) is 41.4 Å². The van der Waals surface area contributed by atoms with Crippen LogP contribution in [0, 0.1) is 0 Å². The number of rotatable bonds is 2. The number of halogens is 3. The molecule has 1 aromatic carbocycles. The van der Waals surface area contributed by atoms with Gasteiger partial charge in [0.2, 0.25) is 0 Å². The molecule has 0 fully saturated rings. The summed E-state index contributed by atoms with van der Waals surface area (Å²) in [6, 6.07) is 13.2. The van der Waals surface area contributed by atoms with Gasteiger partial charge in [0.25, 0.3) is 11.5 Å². The van der Waals surface area contributed by atoms with Gasteiger partial charge in [-0.3, -0.25) is 18.9 Å². The van der Waals surface area contributed by atoms with Crippen molar-refractivity contribution in [2.24, 2.45) is 0 Å². The summed E-state index contributed by atoms with van der Waals surface area (Å²) in [4.78, 5) is 35.0. The molecule has 1 amide bonds. The lowest BCUT2D eigenvalue weighted by molar-refractivity contribution is -0.140. The number of alkyl halides is 3. The summed E-state index contributed by atoms with van der Waals surface area (Å²) in [5, 5.41) is 0. The molecular formula is C23H14BF3N4O2. The number of fused-ring (bicyclic) bond motifs is 2. The highest BCUT2D eigenvalue weighted by atomic mass is 19.4. The van der Waals surface area contributed by atoms with E-state index in [1.807, 2.05) is 12.1 Å². The van der Waals surface area contributed by atoms with Gasteiger partial charge in [-0.1, -0.05) is 18.2 Å². The molecule has 4 aromatic rings. The predicted molar refractivity (Wildman–Crippen MR) is 117 cm³/mol. The Bertz CT molecular complexity index is 1470. The molecule has 33 heavy (non-hydrogen) atoms.